The molecule has 2 amide bonds. The number of rotatable bonds is 9. The molecule has 4 atom stereocenters. The molecule has 0 aliphatic carbocycles. The normalized spacial score (nSPS) is 23.6. The lowest BCUT2D eigenvalue weighted by Gasteiger charge is -2.45. The summed E-state index contributed by atoms with van der Waals surface area (Å²) in [5, 5.41) is 2.95. The monoisotopic (exact) mass is 563 g/mol. The molecule has 2 fully saturated rings. The number of hydrogen-bond acceptors (Lipinski definition) is 7. The van der Waals surface area contributed by atoms with E-state index in [1.54, 1.807) is 31.2 Å². The number of amides is 2. The zero-order valence-electron chi connectivity index (χ0n) is 21.1. The lowest BCUT2D eigenvalue weighted by Crippen LogP contribution is -2.70. The molecule has 3 aromatic rings. The first-order valence-electron chi connectivity index (χ1n) is 12.4. The van der Waals surface area contributed by atoms with Crippen LogP contribution in [0.2, 0.25) is 0 Å². The molecule has 200 valence electrons. The Bertz CT molecular complexity index is 1320. The highest BCUT2D eigenvalue weighted by Gasteiger charge is 2.68. The lowest BCUT2D eigenvalue weighted by atomic mass is 9.94. The second-order valence-corrected chi connectivity index (χ2v) is 11.6. The third kappa shape index (κ3) is 5.04. The Hall–Kier alpha value is -3.69. The second-order valence-electron chi connectivity index (χ2n) is 9.67. The molecule has 5 rings (SSSR count). The fourth-order valence-corrected chi connectivity index (χ4v) is 7.05. The van der Waals surface area contributed by atoms with Gasteiger partial charge in [0.15, 0.2) is 12.1 Å². The fraction of sp³-hybridized carbons (Fsp3) is 0.276. The van der Waals surface area contributed by atoms with Gasteiger partial charge in [-0.2, -0.15) is 5.01 Å². The van der Waals surface area contributed by atoms with Gasteiger partial charge in [0.05, 0.1) is 16.5 Å². The Kier molecular flexibility index (Phi) is 7.72. The van der Waals surface area contributed by atoms with Crippen LogP contribution in [0.1, 0.15) is 29.7 Å². The number of alkyl halides is 1. The number of thioether (sulfide) groups is 1. The van der Waals surface area contributed by atoms with E-state index in [-0.39, 0.29) is 12.3 Å². The van der Waals surface area contributed by atoms with Crippen LogP contribution in [0.3, 0.4) is 0 Å². The fourth-order valence-electron chi connectivity index (χ4n) is 5.06. The van der Waals surface area contributed by atoms with Crippen LogP contribution >= 0.6 is 23.4 Å². The molecule has 0 N–H and O–H groups in total. The first-order valence-corrected chi connectivity index (χ1v) is 13.8. The number of carbonyl (C=O) groups is 3. The van der Waals surface area contributed by atoms with Crippen molar-refractivity contribution in [2.24, 2.45) is 5.29 Å². The molecule has 0 spiro atoms. The largest absolute Gasteiger partial charge is 0.451 e. The molecule has 0 radical (unpaired) electrons. The van der Waals surface area contributed by atoms with E-state index >= 15 is 0 Å². The maximum atomic E-state index is 13.8. The van der Waals surface area contributed by atoms with Crippen molar-refractivity contribution in [2.45, 2.75) is 41.7 Å². The van der Waals surface area contributed by atoms with Crippen LogP contribution in [-0.4, -0.2) is 55.8 Å². The van der Waals surface area contributed by atoms with E-state index < -0.39 is 46.1 Å². The average molecular weight is 564 g/mol. The molecule has 2 aliphatic rings. The Morgan fingerprint density at radius 3 is 2.05 bits per heavy atom. The summed E-state index contributed by atoms with van der Waals surface area (Å²) in [5.41, 5.74) is 2.25. The minimum Gasteiger partial charge on any atom is -0.451 e. The van der Waals surface area contributed by atoms with E-state index in [4.69, 9.17) is 16.3 Å². The zero-order valence-corrected chi connectivity index (χ0v) is 22.6. The molecule has 0 aromatic heterocycles. The summed E-state index contributed by atoms with van der Waals surface area (Å²) in [7, 11) is 0. The van der Waals surface area contributed by atoms with Gasteiger partial charge < -0.3 is 9.64 Å². The van der Waals surface area contributed by atoms with Gasteiger partial charge in [0, 0.05) is 5.88 Å². The highest BCUT2D eigenvalue weighted by Crippen LogP contribution is 2.53. The number of β-lactam (4-membered cyclic amide) rings is 1. The third-order valence-corrected chi connectivity index (χ3v) is 9.38. The number of nitrogens with zero attached hydrogens (tertiary/aromatic N) is 3. The summed E-state index contributed by atoms with van der Waals surface area (Å²) in [6.07, 6.45) is -0.779. The van der Waals surface area contributed by atoms with E-state index in [2.05, 4.69) is 5.29 Å². The molecular weight excluding hydrogens is 538 g/mol. The molecule has 0 bridgehead atoms. The summed E-state index contributed by atoms with van der Waals surface area (Å²) in [5.74, 6) is -1.71. The van der Waals surface area contributed by atoms with Gasteiger partial charge in [-0.3, -0.25) is 9.59 Å². The number of benzene rings is 3. The number of fused-ring (bicyclic) bond motifs is 1. The predicted molar refractivity (Wildman–Crippen MR) is 149 cm³/mol. The number of hydrogen-bond donors (Lipinski definition) is 0. The van der Waals surface area contributed by atoms with Crippen LogP contribution < -0.4 is 0 Å². The molecule has 8 nitrogen and oxygen atoms in total. The topological polar surface area (TPSA) is 96.4 Å². The Morgan fingerprint density at radius 1 is 1.00 bits per heavy atom. The minimum absolute atomic E-state index is 0.0399. The molecule has 4 unspecified atom stereocenters. The van der Waals surface area contributed by atoms with Crippen molar-refractivity contribution < 1.29 is 19.1 Å². The van der Waals surface area contributed by atoms with Crippen LogP contribution in [0.25, 0.3) is 0 Å². The van der Waals surface area contributed by atoms with Crippen molar-refractivity contribution in [3.63, 3.8) is 0 Å². The van der Waals surface area contributed by atoms with Gasteiger partial charge in [0.1, 0.15) is 11.4 Å². The highest BCUT2D eigenvalue weighted by atomic mass is 35.5. The molecular formula is C29H26ClN3O5S. The van der Waals surface area contributed by atoms with Crippen LogP contribution in [-0.2, 0) is 25.5 Å². The summed E-state index contributed by atoms with van der Waals surface area (Å²) in [4.78, 5) is 53.3. The van der Waals surface area contributed by atoms with Crippen molar-refractivity contribution in [3.8, 4) is 0 Å². The van der Waals surface area contributed by atoms with E-state index in [1.807, 2.05) is 66.7 Å². The summed E-state index contributed by atoms with van der Waals surface area (Å²) in [6.45, 7) is 1.78. The van der Waals surface area contributed by atoms with Crippen molar-refractivity contribution >= 4 is 41.1 Å². The first kappa shape index (κ1) is 26.9. The number of esters is 1. The van der Waals surface area contributed by atoms with Gasteiger partial charge in [-0.15, -0.1) is 28.3 Å². The first-order chi connectivity index (χ1) is 18.9. The summed E-state index contributed by atoms with van der Waals surface area (Å²) < 4.78 is 5.17. The molecule has 2 aliphatic heterocycles. The number of carbonyl (C=O) groups excluding carboxylic acids is 3. The van der Waals surface area contributed by atoms with Crippen molar-refractivity contribution in [3.05, 3.63) is 113 Å². The van der Waals surface area contributed by atoms with E-state index in [0.717, 1.165) is 11.1 Å². The quantitative estimate of drug-likeness (QED) is 0.123. The van der Waals surface area contributed by atoms with Gasteiger partial charge in [0.25, 0.3) is 11.8 Å². The maximum Gasteiger partial charge on any atom is 0.331 e. The van der Waals surface area contributed by atoms with Crippen molar-refractivity contribution in [2.75, 3.05) is 5.88 Å². The standard InChI is InChI=1S/C29H26ClN3O5S/c1-29(18-30)25(28(36)38-24(20-13-7-3-8-14-20)21-15-9-4-10-16-21)32-26(35)23(27(32)39-29)33(31-37)22(34)17-19-11-5-2-6-12-19/h2-16,23-25,27H,17-18H2,1H3. The van der Waals surface area contributed by atoms with Crippen LogP contribution in [0.5, 0.6) is 0 Å². The van der Waals surface area contributed by atoms with Gasteiger partial charge in [-0.25, -0.2) is 4.79 Å². The van der Waals surface area contributed by atoms with Gasteiger partial charge in [-0.05, 0) is 23.6 Å². The predicted octanol–water partition coefficient (Wildman–Crippen LogP) is 4.72. The lowest BCUT2D eigenvalue weighted by molar-refractivity contribution is -0.172. The Morgan fingerprint density at radius 2 is 1.54 bits per heavy atom. The molecule has 39 heavy (non-hydrogen) atoms. The molecule has 10 heteroatoms. The average Bonchev–Trinajstić information content (AvgIpc) is 3.25. The minimum atomic E-state index is -1.12. The van der Waals surface area contributed by atoms with Crippen LogP contribution in [0, 0.1) is 4.91 Å². The van der Waals surface area contributed by atoms with E-state index in [1.165, 1.54) is 16.7 Å². The highest BCUT2D eigenvalue weighted by molar-refractivity contribution is 8.01. The smallest absolute Gasteiger partial charge is 0.331 e. The Balaban J connectivity index is 1.39. The Labute approximate surface area is 235 Å². The maximum absolute atomic E-state index is 13.8. The zero-order chi connectivity index (χ0) is 27.6. The molecule has 3 aromatic carbocycles. The van der Waals surface area contributed by atoms with Gasteiger partial charge >= 0.3 is 5.97 Å². The SMILES string of the molecule is CC1(CCl)SC2C(N(N=O)C(=O)Cc3ccccc3)C(=O)N2C1C(=O)OC(c1ccccc1)c1ccccc1. The van der Waals surface area contributed by atoms with Crippen LogP contribution in [0.15, 0.2) is 96.3 Å². The number of halogens is 1. The van der Waals surface area contributed by atoms with Gasteiger partial charge in [-0.1, -0.05) is 91.0 Å². The van der Waals surface area contributed by atoms with E-state index in [0.29, 0.717) is 10.6 Å². The van der Waals surface area contributed by atoms with Gasteiger partial charge in [0.2, 0.25) is 0 Å². The second kappa shape index (κ2) is 11.2. The van der Waals surface area contributed by atoms with E-state index in [9.17, 15) is 19.3 Å². The molecule has 0 saturated carbocycles. The van der Waals surface area contributed by atoms with Crippen LogP contribution in [0.4, 0.5) is 0 Å². The molecule has 2 saturated heterocycles. The van der Waals surface area contributed by atoms with Crippen molar-refractivity contribution in [1.29, 1.82) is 0 Å². The summed E-state index contributed by atoms with van der Waals surface area (Å²) in [6, 6.07) is 25.4. The molecule has 2 heterocycles. The van der Waals surface area contributed by atoms with Crippen molar-refractivity contribution in [1.82, 2.24) is 9.91 Å². The third-order valence-electron chi connectivity index (χ3n) is 7.03. The number of ether oxygens (including phenoxy) is 1. The summed E-state index contributed by atoms with van der Waals surface area (Å²) >= 11 is 7.64. The number of nitroso groups, excluding NO2 is 1.